The lowest BCUT2D eigenvalue weighted by atomic mass is 10.2. The first-order valence-corrected chi connectivity index (χ1v) is 7.44. The molecule has 1 heterocycles. The Morgan fingerprint density at radius 2 is 2.14 bits per heavy atom. The lowest BCUT2D eigenvalue weighted by Gasteiger charge is -2.11. The lowest BCUT2D eigenvalue weighted by molar-refractivity contribution is 0.101. The summed E-state index contributed by atoms with van der Waals surface area (Å²) < 4.78 is 15.8. The van der Waals surface area contributed by atoms with Crippen LogP contribution >= 0.6 is 15.9 Å². The van der Waals surface area contributed by atoms with Crippen LogP contribution in [0.4, 0.5) is 15.8 Å². The number of hydrogen-bond acceptors (Lipinski definition) is 2. The van der Waals surface area contributed by atoms with Gasteiger partial charge in [0, 0.05) is 18.4 Å². The zero-order chi connectivity index (χ0) is 15.6. The molecule has 2 aromatic rings. The summed E-state index contributed by atoms with van der Waals surface area (Å²) >= 11 is 3.12. The van der Waals surface area contributed by atoms with E-state index in [4.69, 9.17) is 5.73 Å². The van der Waals surface area contributed by atoms with E-state index in [0.717, 1.165) is 12.0 Å². The van der Waals surface area contributed by atoms with Gasteiger partial charge in [0.25, 0.3) is 5.91 Å². The molecule has 0 spiro atoms. The first-order chi connectivity index (χ1) is 9.92. The predicted octanol–water partition coefficient (Wildman–Crippen LogP) is 3.94. The van der Waals surface area contributed by atoms with Gasteiger partial charge in [0.2, 0.25) is 0 Å². The van der Waals surface area contributed by atoms with Crippen LogP contribution in [0.15, 0.2) is 28.9 Å². The van der Waals surface area contributed by atoms with Crippen LogP contribution in [0.25, 0.3) is 0 Å². The number of halogens is 2. The summed E-state index contributed by atoms with van der Waals surface area (Å²) in [6.45, 7) is 4.53. The van der Waals surface area contributed by atoms with Crippen LogP contribution in [0.3, 0.4) is 0 Å². The quantitative estimate of drug-likeness (QED) is 0.874. The smallest absolute Gasteiger partial charge is 0.272 e. The highest BCUT2D eigenvalue weighted by atomic mass is 79.9. The van der Waals surface area contributed by atoms with Crippen molar-refractivity contribution in [1.29, 1.82) is 0 Å². The summed E-state index contributed by atoms with van der Waals surface area (Å²) in [6.07, 6.45) is 2.62. The molecule has 0 saturated heterocycles. The molecule has 0 fully saturated rings. The molecule has 0 saturated carbocycles. The SMILES string of the molecule is CCCn1cc(N)cc1C(=O)Nc1cc(F)c(Br)cc1C. The molecule has 4 nitrogen and oxygen atoms in total. The van der Waals surface area contributed by atoms with Crippen molar-refractivity contribution in [3.05, 3.63) is 45.9 Å². The van der Waals surface area contributed by atoms with Gasteiger partial charge in [0.15, 0.2) is 0 Å². The van der Waals surface area contributed by atoms with Crippen molar-refractivity contribution in [2.45, 2.75) is 26.8 Å². The maximum atomic E-state index is 13.6. The maximum Gasteiger partial charge on any atom is 0.272 e. The zero-order valence-electron chi connectivity index (χ0n) is 11.9. The Morgan fingerprint density at radius 1 is 1.43 bits per heavy atom. The Labute approximate surface area is 131 Å². The van der Waals surface area contributed by atoms with E-state index in [9.17, 15) is 9.18 Å². The number of nitrogens with one attached hydrogen (secondary N) is 1. The molecule has 0 bridgehead atoms. The highest BCUT2D eigenvalue weighted by Crippen LogP contribution is 2.24. The van der Waals surface area contributed by atoms with Crippen molar-refractivity contribution >= 4 is 33.2 Å². The number of aromatic nitrogens is 1. The number of benzene rings is 1. The fraction of sp³-hybridized carbons (Fsp3) is 0.267. The second-order valence-electron chi connectivity index (χ2n) is 4.89. The van der Waals surface area contributed by atoms with Gasteiger partial charge in [-0.3, -0.25) is 4.79 Å². The van der Waals surface area contributed by atoms with E-state index >= 15 is 0 Å². The summed E-state index contributed by atoms with van der Waals surface area (Å²) in [5.74, 6) is -0.718. The topological polar surface area (TPSA) is 60.0 Å². The van der Waals surface area contributed by atoms with E-state index in [1.165, 1.54) is 6.07 Å². The van der Waals surface area contributed by atoms with Crippen molar-refractivity contribution < 1.29 is 9.18 Å². The van der Waals surface area contributed by atoms with Gasteiger partial charge in [-0.25, -0.2) is 4.39 Å². The van der Waals surface area contributed by atoms with Crippen LogP contribution in [0.5, 0.6) is 0 Å². The number of nitrogen functional groups attached to an aromatic ring is 1. The van der Waals surface area contributed by atoms with Crippen LogP contribution in [-0.2, 0) is 6.54 Å². The van der Waals surface area contributed by atoms with Crippen LogP contribution in [0, 0.1) is 12.7 Å². The third kappa shape index (κ3) is 3.44. The molecule has 0 aliphatic carbocycles. The van der Waals surface area contributed by atoms with Crippen LogP contribution in [-0.4, -0.2) is 10.5 Å². The van der Waals surface area contributed by atoms with Crippen molar-refractivity contribution in [2.24, 2.45) is 0 Å². The Balaban J connectivity index is 2.28. The van der Waals surface area contributed by atoms with Crippen LogP contribution in [0.2, 0.25) is 0 Å². The van der Waals surface area contributed by atoms with E-state index in [2.05, 4.69) is 21.2 Å². The fourth-order valence-corrected chi connectivity index (χ4v) is 2.57. The number of hydrogen-bond donors (Lipinski definition) is 2. The van der Waals surface area contributed by atoms with Gasteiger partial charge >= 0.3 is 0 Å². The normalized spacial score (nSPS) is 10.7. The van der Waals surface area contributed by atoms with Gasteiger partial charge in [-0.1, -0.05) is 6.92 Å². The fourth-order valence-electron chi connectivity index (χ4n) is 2.12. The molecule has 3 N–H and O–H groups in total. The average molecular weight is 354 g/mol. The predicted molar refractivity (Wildman–Crippen MR) is 85.9 cm³/mol. The minimum absolute atomic E-state index is 0.301. The van der Waals surface area contributed by atoms with Gasteiger partial charge in [-0.15, -0.1) is 0 Å². The standard InChI is InChI=1S/C15H17BrFN3O/c1-3-4-20-8-10(18)6-14(20)15(21)19-13-7-12(17)11(16)5-9(13)2/h5-8H,3-4,18H2,1-2H3,(H,19,21). The van der Waals surface area contributed by atoms with E-state index in [1.807, 2.05) is 6.92 Å². The van der Waals surface area contributed by atoms with E-state index < -0.39 is 5.82 Å². The van der Waals surface area contributed by atoms with Crippen LogP contribution < -0.4 is 11.1 Å². The van der Waals surface area contributed by atoms with Crippen molar-refractivity contribution in [3.8, 4) is 0 Å². The summed E-state index contributed by atoms with van der Waals surface area (Å²) in [7, 11) is 0. The second-order valence-corrected chi connectivity index (χ2v) is 5.74. The highest BCUT2D eigenvalue weighted by molar-refractivity contribution is 9.10. The molecule has 1 aromatic heterocycles. The summed E-state index contributed by atoms with van der Waals surface area (Å²) in [5.41, 5.74) is 7.98. The molecule has 2 rings (SSSR count). The van der Waals surface area contributed by atoms with Gasteiger partial charge in [-0.2, -0.15) is 0 Å². The molecule has 1 aromatic carbocycles. The number of amides is 1. The Hall–Kier alpha value is -1.82. The minimum Gasteiger partial charge on any atom is -0.397 e. The third-order valence-corrected chi connectivity index (χ3v) is 3.74. The molecule has 0 aliphatic rings. The van der Waals surface area contributed by atoms with Gasteiger partial charge in [0.1, 0.15) is 11.5 Å². The Bertz CT molecular complexity index is 682. The zero-order valence-corrected chi connectivity index (χ0v) is 13.5. The molecule has 112 valence electrons. The molecule has 0 radical (unpaired) electrons. The Kier molecular flexibility index (Phi) is 4.67. The second kappa shape index (κ2) is 6.30. The van der Waals surface area contributed by atoms with Crippen LogP contribution in [0.1, 0.15) is 29.4 Å². The molecular weight excluding hydrogens is 337 g/mol. The molecule has 1 amide bonds. The monoisotopic (exact) mass is 353 g/mol. The molecule has 21 heavy (non-hydrogen) atoms. The van der Waals surface area contributed by atoms with Crippen molar-refractivity contribution in [3.63, 3.8) is 0 Å². The number of rotatable bonds is 4. The largest absolute Gasteiger partial charge is 0.397 e. The van der Waals surface area contributed by atoms with E-state index in [0.29, 0.717) is 28.1 Å². The minimum atomic E-state index is -0.417. The number of anilines is 2. The Morgan fingerprint density at radius 3 is 2.81 bits per heavy atom. The molecular formula is C15H17BrFN3O. The van der Waals surface area contributed by atoms with E-state index in [-0.39, 0.29) is 5.91 Å². The molecule has 0 atom stereocenters. The maximum absolute atomic E-state index is 13.6. The van der Waals surface area contributed by atoms with Gasteiger partial charge in [0.05, 0.1) is 10.2 Å². The first-order valence-electron chi connectivity index (χ1n) is 6.65. The summed E-state index contributed by atoms with van der Waals surface area (Å²) in [4.78, 5) is 12.3. The van der Waals surface area contributed by atoms with Crippen molar-refractivity contribution in [1.82, 2.24) is 4.57 Å². The lowest BCUT2D eigenvalue weighted by Crippen LogP contribution is -2.17. The number of aryl methyl sites for hydroxylation is 2. The molecule has 0 aliphatic heterocycles. The third-order valence-electron chi connectivity index (χ3n) is 3.13. The van der Waals surface area contributed by atoms with Gasteiger partial charge < -0.3 is 15.6 Å². The highest BCUT2D eigenvalue weighted by Gasteiger charge is 2.15. The summed E-state index contributed by atoms with van der Waals surface area (Å²) in [6, 6.07) is 4.55. The van der Waals surface area contributed by atoms with Gasteiger partial charge in [-0.05, 0) is 53.0 Å². The number of nitrogens with zero attached hydrogens (tertiary/aromatic N) is 1. The summed E-state index contributed by atoms with van der Waals surface area (Å²) in [5, 5.41) is 2.73. The molecule has 6 heteroatoms. The number of carbonyl (C=O) groups is 1. The van der Waals surface area contributed by atoms with Crippen molar-refractivity contribution in [2.75, 3.05) is 11.1 Å². The molecule has 0 unspecified atom stereocenters. The number of nitrogens with two attached hydrogens (primary N) is 1. The number of carbonyl (C=O) groups excluding carboxylic acids is 1. The average Bonchev–Trinajstić information content (AvgIpc) is 2.77. The van der Waals surface area contributed by atoms with E-state index in [1.54, 1.807) is 29.8 Å². The first kappa shape index (κ1) is 15.6.